The molecule has 2 aromatic carbocycles. The predicted molar refractivity (Wildman–Crippen MR) is 123 cm³/mol. The van der Waals surface area contributed by atoms with Gasteiger partial charge in [0.1, 0.15) is 18.3 Å². The molecule has 0 radical (unpaired) electrons. The zero-order valence-corrected chi connectivity index (χ0v) is 19.5. The topological polar surface area (TPSA) is 145 Å². The van der Waals surface area contributed by atoms with E-state index in [0.29, 0.717) is 0 Å². The quantitative estimate of drug-likeness (QED) is 0.305. The molecule has 36 heavy (non-hydrogen) atoms. The van der Waals surface area contributed by atoms with Crippen LogP contribution in [0.15, 0.2) is 41.2 Å². The van der Waals surface area contributed by atoms with Crippen LogP contribution in [0.1, 0.15) is 32.7 Å². The summed E-state index contributed by atoms with van der Waals surface area (Å²) < 4.78 is 39.9. The van der Waals surface area contributed by atoms with Gasteiger partial charge in [-0.15, -0.1) is 0 Å². The molecule has 1 heterocycles. The molecule has 1 amide bonds. The average molecular weight is 509 g/mol. The number of hydrogen-bond donors (Lipinski definition) is 5. The fourth-order valence-electron chi connectivity index (χ4n) is 3.61. The maximum absolute atomic E-state index is 13.2. The van der Waals surface area contributed by atoms with E-state index in [4.69, 9.17) is 5.11 Å². The summed E-state index contributed by atoms with van der Waals surface area (Å²) >= 11 is 0. The number of rotatable bonds is 8. The molecular formula is C24H26F3N3O6. The van der Waals surface area contributed by atoms with E-state index in [2.05, 4.69) is 10.3 Å². The Balaban J connectivity index is 1.98. The lowest BCUT2D eigenvalue weighted by Gasteiger charge is -2.23. The molecule has 3 atom stereocenters. The van der Waals surface area contributed by atoms with Crippen molar-refractivity contribution in [2.75, 3.05) is 6.61 Å². The highest BCUT2D eigenvalue weighted by atomic mass is 19.4. The molecule has 0 saturated heterocycles. The minimum absolute atomic E-state index is 0.155. The highest BCUT2D eigenvalue weighted by Crippen LogP contribution is 2.29. The molecule has 0 bridgehead atoms. The molecule has 3 aromatic rings. The molecular weight excluding hydrogens is 483 g/mol. The van der Waals surface area contributed by atoms with E-state index >= 15 is 0 Å². The van der Waals surface area contributed by atoms with Crippen molar-refractivity contribution in [3.63, 3.8) is 0 Å². The Hall–Kier alpha value is -3.32. The molecule has 5 N–H and O–H groups in total. The normalized spacial score (nSPS) is 14.5. The van der Waals surface area contributed by atoms with Crippen LogP contribution < -0.4 is 10.9 Å². The smallest absolute Gasteiger partial charge is 0.394 e. The van der Waals surface area contributed by atoms with Crippen LogP contribution in [0.5, 0.6) is 0 Å². The standard InChI is InChI=1S/C24H26F3N3O6/c1-12-6-16-17(7-13(12)2)30(10-18(32)21(34)19(33)11-31)23(36)20(29-16)22(35)28-9-14-4-3-5-15(8-14)24(25,26)27/h3-8,18-19,21,31-34H,9-11H2,1-2H3,(H,28,35)/t18-,19+,21-/m0/s1. The van der Waals surface area contributed by atoms with Gasteiger partial charge in [0.05, 0.1) is 29.7 Å². The molecule has 0 aliphatic rings. The Morgan fingerprint density at radius 2 is 1.75 bits per heavy atom. The van der Waals surface area contributed by atoms with Crippen LogP contribution in [-0.4, -0.2) is 60.8 Å². The first-order chi connectivity index (χ1) is 16.8. The lowest BCUT2D eigenvalue weighted by molar-refractivity contribution is -0.137. The second-order valence-electron chi connectivity index (χ2n) is 8.49. The summed E-state index contributed by atoms with van der Waals surface area (Å²) in [5.41, 5.74) is -0.157. The zero-order valence-electron chi connectivity index (χ0n) is 19.5. The number of alkyl halides is 3. The highest BCUT2D eigenvalue weighted by molar-refractivity contribution is 5.94. The molecule has 0 saturated carbocycles. The number of nitrogens with one attached hydrogen (secondary N) is 1. The third-order valence-corrected chi connectivity index (χ3v) is 5.83. The van der Waals surface area contributed by atoms with Crippen LogP contribution in [0.3, 0.4) is 0 Å². The highest BCUT2D eigenvalue weighted by Gasteiger charge is 2.30. The summed E-state index contributed by atoms with van der Waals surface area (Å²) in [5, 5.41) is 41.4. The van der Waals surface area contributed by atoms with Crippen molar-refractivity contribution in [1.82, 2.24) is 14.9 Å². The van der Waals surface area contributed by atoms with Crippen LogP contribution in [-0.2, 0) is 19.3 Å². The molecule has 12 heteroatoms. The van der Waals surface area contributed by atoms with Gasteiger partial charge in [-0.2, -0.15) is 13.2 Å². The van der Waals surface area contributed by atoms with Crippen molar-refractivity contribution in [3.05, 3.63) is 74.7 Å². The Bertz CT molecular complexity index is 1320. The molecule has 1 aromatic heterocycles. The van der Waals surface area contributed by atoms with Crippen LogP contribution in [0.2, 0.25) is 0 Å². The van der Waals surface area contributed by atoms with Gasteiger partial charge in [0.15, 0.2) is 5.69 Å². The maximum atomic E-state index is 13.2. The number of aromatic nitrogens is 2. The second-order valence-corrected chi connectivity index (χ2v) is 8.49. The summed E-state index contributed by atoms with van der Waals surface area (Å²) in [4.78, 5) is 30.2. The first-order valence-electron chi connectivity index (χ1n) is 10.9. The third-order valence-electron chi connectivity index (χ3n) is 5.83. The van der Waals surface area contributed by atoms with Gasteiger partial charge in [0, 0.05) is 6.54 Å². The van der Waals surface area contributed by atoms with E-state index < -0.39 is 60.4 Å². The number of halogens is 3. The first kappa shape index (κ1) is 27.3. The van der Waals surface area contributed by atoms with Gasteiger partial charge in [0.2, 0.25) is 0 Å². The fraction of sp³-hybridized carbons (Fsp3) is 0.375. The van der Waals surface area contributed by atoms with Crippen LogP contribution >= 0.6 is 0 Å². The van der Waals surface area contributed by atoms with Crippen molar-refractivity contribution in [1.29, 1.82) is 0 Å². The molecule has 0 aliphatic carbocycles. The van der Waals surface area contributed by atoms with Crippen molar-refractivity contribution >= 4 is 16.9 Å². The van der Waals surface area contributed by atoms with Gasteiger partial charge in [-0.3, -0.25) is 9.59 Å². The minimum atomic E-state index is -4.56. The van der Waals surface area contributed by atoms with Gasteiger partial charge >= 0.3 is 6.18 Å². The summed E-state index contributed by atoms with van der Waals surface area (Å²) in [6, 6.07) is 7.60. The van der Waals surface area contributed by atoms with Crippen molar-refractivity contribution in [2.45, 2.75) is 51.4 Å². The number of fused-ring (bicyclic) bond motifs is 1. The SMILES string of the molecule is Cc1cc2nc(C(=O)NCc3cccc(C(F)(F)F)c3)c(=O)n(C[C@H](O)[C@H](O)[C@H](O)CO)c2cc1C. The summed E-state index contributed by atoms with van der Waals surface area (Å²) in [5.74, 6) is -0.947. The molecule has 3 rings (SSSR count). The lowest BCUT2D eigenvalue weighted by atomic mass is 10.1. The van der Waals surface area contributed by atoms with Gasteiger partial charge in [-0.1, -0.05) is 12.1 Å². The van der Waals surface area contributed by atoms with Crippen molar-refractivity contribution in [3.8, 4) is 0 Å². The monoisotopic (exact) mass is 509 g/mol. The number of aliphatic hydroxyl groups is 4. The first-order valence-corrected chi connectivity index (χ1v) is 10.9. The maximum Gasteiger partial charge on any atom is 0.416 e. The Morgan fingerprint density at radius 3 is 2.39 bits per heavy atom. The lowest BCUT2D eigenvalue weighted by Crippen LogP contribution is -2.44. The van der Waals surface area contributed by atoms with Crippen molar-refractivity contribution in [2.24, 2.45) is 0 Å². The van der Waals surface area contributed by atoms with Gasteiger partial charge in [0.25, 0.3) is 11.5 Å². The third kappa shape index (κ3) is 5.90. The number of carbonyl (C=O) groups is 1. The average Bonchev–Trinajstić information content (AvgIpc) is 2.83. The molecule has 0 unspecified atom stereocenters. The number of hydrogen-bond acceptors (Lipinski definition) is 7. The van der Waals surface area contributed by atoms with Crippen molar-refractivity contribution < 1.29 is 38.4 Å². The Morgan fingerprint density at radius 1 is 1.08 bits per heavy atom. The van der Waals surface area contributed by atoms with Crippen LogP contribution in [0.4, 0.5) is 13.2 Å². The fourth-order valence-corrected chi connectivity index (χ4v) is 3.61. The summed E-state index contributed by atoms with van der Waals surface area (Å²) in [7, 11) is 0. The molecule has 0 fully saturated rings. The van der Waals surface area contributed by atoms with E-state index in [1.54, 1.807) is 26.0 Å². The predicted octanol–water partition coefficient (Wildman–Crippen LogP) is 1.04. The Kier molecular flexibility index (Phi) is 8.14. The largest absolute Gasteiger partial charge is 0.416 e. The van der Waals surface area contributed by atoms with Gasteiger partial charge < -0.3 is 30.3 Å². The second kappa shape index (κ2) is 10.7. The zero-order chi connectivity index (χ0) is 26.8. The van der Waals surface area contributed by atoms with Crippen LogP contribution in [0, 0.1) is 13.8 Å². The summed E-state index contributed by atoms with van der Waals surface area (Å²) in [6.07, 6.45) is -9.69. The number of nitrogens with zero attached hydrogens (tertiary/aromatic N) is 2. The molecule has 194 valence electrons. The minimum Gasteiger partial charge on any atom is -0.394 e. The molecule has 9 nitrogen and oxygen atoms in total. The van der Waals surface area contributed by atoms with Crippen LogP contribution in [0.25, 0.3) is 11.0 Å². The summed E-state index contributed by atoms with van der Waals surface area (Å²) in [6.45, 7) is 1.90. The van der Waals surface area contributed by atoms with E-state index in [-0.39, 0.29) is 23.1 Å². The number of aryl methyl sites for hydroxylation is 2. The molecule has 0 aliphatic heterocycles. The molecule has 0 spiro atoms. The number of aliphatic hydroxyl groups excluding tert-OH is 4. The van der Waals surface area contributed by atoms with E-state index in [9.17, 15) is 38.1 Å². The van der Waals surface area contributed by atoms with Gasteiger partial charge in [-0.25, -0.2) is 4.98 Å². The number of amides is 1. The van der Waals surface area contributed by atoms with E-state index in [1.807, 2.05) is 0 Å². The van der Waals surface area contributed by atoms with E-state index in [0.717, 1.165) is 27.8 Å². The van der Waals surface area contributed by atoms with Gasteiger partial charge in [-0.05, 0) is 54.8 Å². The van der Waals surface area contributed by atoms with E-state index in [1.165, 1.54) is 12.1 Å². The number of carbonyl (C=O) groups excluding carboxylic acids is 1. The Labute approximate surface area is 203 Å². The number of benzene rings is 2.